The fraction of sp³-hybridized carbons (Fsp3) is 0.588. The second-order valence-electron chi connectivity index (χ2n) is 6.69. The van der Waals surface area contributed by atoms with Crippen LogP contribution >= 0.6 is 11.3 Å². The van der Waals surface area contributed by atoms with E-state index in [9.17, 15) is 5.11 Å². The second-order valence-corrected chi connectivity index (χ2v) is 7.86. The highest BCUT2D eigenvalue weighted by molar-refractivity contribution is 7.15. The third kappa shape index (κ3) is 3.12. The Labute approximate surface area is 136 Å². The van der Waals surface area contributed by atoms with E-state index in [-0.39, 0.29) is 12.6 Å². The summed E-state index contributed by atoms with van der Waals surface area (Å²) in [7, 11) is 2.09. The average molecular weight is 319 g/mol. The van der Waals surface area contributed by atoms with Gasteiger partial charge in [0.2, 0.25) is 0 Å². The molecule has 0 saturated carbocycles. The van der Waals surface area contributed by atoms with Crippen molar-refractivity contribution in [2.24, 2.45) is 5.92 Å². The minimum absolute atomic E-state index is 0.231. The highest BCUT2D eigenvalue weighted by Crippen LogP contribution is 2.33. The summed E-state index contributed by atoms with van der Waals surface area (Å²) in [6.07, 6.45) is 6.09. The Hall–Kier alpha value is -1.17. The van der Waals surface area contributed by atoms with E-state index in [1.807, 2.05) is 17.5 Å². The van der Waals surface area contributed by atoms with Crippen molar-refractivity contribution in [2.45, 2.75) is 38.8 Å². The van der Waals surface area contributed by atoms with Gasteiger partial charge in [0.15, 0.2) is 0 Å². The van der Waals surface area contributed by atoms with Gasteiger partial charge in [0.25, 0.3) is 0 Å². The van der Waals surface area contributed by atoms with Gasteiger partial charge in [-0.1, -0.05) is 13.8 Å². The number of hydrogen-bond donors (Lipinski definition) is 1. The van der Waals surface area contributed by atoms with Gasteiger partial charge in [-0.3, -0.25) is 4.90 Å². The molecule has 1 aliphatic heterocycles. The molecule has 0 aliphatic carbocycles. The fourth-order valence-electron chi connectivity index (χ4n) is 3.27. The van der Waals surface area contributed by atoms with Crippen molar-refractivity contribution in [3.8, 4) is 10.7 Å². The van der Waals surface area contributed by atoms with Crippen LogP contribution in [0.3, 0.4) is 0 Å². The van der Waals surface area contributed by atoms with E-state index in [1.54, 1.807) is 0 Å². The number of thiophene rings is 1. The van der Waals surface area contributed by atoms with Gasteiger partial charge in [-0.05, 0) is 37.9 Å². The van der Waals surface area contributed by atoms with Crippen molar-refractivity contribution in [1.82, 2.24) is 14.5 Å². The third-order valence-electron chi connectivity index (χ3n) is 4.43. The molecule has 0 aromatic carbocycles. The molecule has 2 aromatic rings. The quantitative estimate of drug-likeness (QED) is 0.921. The molecule has 0 unspecified atom stereocenters. The normalized spacial score (nSPS) is 22.8. The lowest BCUT2D eigenvalue weighted by atomic mass is 10.1. The number of aromatic nitrogens is 2. The molecule has 2 aromatic heterocycles. The van der Waals surface area contributed by atoms with Crippen LogP contribution in [0, 0.1) is 5.92 Å². The van der Waals surface area contributed by atoms with E-state index in [1.165, 1.54) is 9.75 Å². The molecule has 0 spiro atoms. The minimum atomic E-state index is 0.231. The number of aliphatic hydroxyl groups is 1. The van der Waals surface area contributed by atoms with Crippen LogP contribution in [0.5, 0.6) is 0 Å². The van der Waals surface area contributed by atoms with E-state index in [2.05, 4.69) is 53.7 Å². The van der Waals surface area contributed by atoms with Crippen LogP contribution in [0.1, 0.15) is 31.2 Å². The Morgan fingerprint density at radius 3 is 2.91 bits per heavy atom. The monoisotopic (exact) mass is 319 g/mol. The third-order valence-corrected chi connectivity index (χ3v) is 5.53. The molecule has 120 valence electrons. The molecule has 0 radical (unpaired) electrons. The molecule has 3 heterocycles. The zero-order valence-electron chi connectivity index (χ0n) is 13.6. The van der Waals surface area contributed by atoms with E-state index in [0.29, 0.717) is 12.0 Å². The number of imidazole rings is 1. The summed E-state index contributed by atoms with van der Waals surface area (Å²) in [4.78, 5) is 9.51. The lowest BCUT2D eigenvalue weighted by molar-refractivity contribution is 0.182. The summed E-state index contributed by atoms with van der Waals surface area (Å²) in [5.74, 6) is 1.75. The molecule has 4 nitrogen and oxygen atoms in total. The van der Waals surface area contributed by atoms with Gasteiger partial charge in [0.05, 0.1) is 11.5 Å². The zero-order chi connectivity index (χ0) is 15.7. The zero-order valence-corrected chi connectivity index (χ0v) is 14.4. The standard InChI is InChI=1S/C17H25N3OS/c1-12(2)8-15-4-5-16(22-15)17-18-6-7-20(17)13-9-14(11-21)19(3)10-13/h4-7,12-14,21H,8-11H2,1-3H3/t13-,14+/m1/s1. The number of hydrogen-bond acceptors (Lipinski definition) is 4. The van der Waals surface area contributed by atoms with Crippen LogP contribution < -0.4 is 0 Å². The lowest BCUT2D eigenvalue weighted by Crippen LogP contribution is -2.27. The Bertz CT molecular complexity index is 619. The van der Waals surface area contributed by atoms with Crippen LogP contribution in [0.15, 0.2) is 24.5 Å². The molecule has 3 rings (SSSR count). The summed E-state index contributed by atoms with van der Waals surface area (Å²) in [6.45, 7) is 5.71. The van der Waals surface area contributed by atoms with Crippen LogP contribution in [-0.4, -0.2) is 45.8 Å². The fourth-order valence-corrected chi connectivity index (χ4v) is 4.49. The van der Waals surface area contributed by atoms with Crippen LogP contribution in [0.4, 0.5) is 0 Å². The van der Waals surface area contributed by atoms with Crippen LogP contribution in [-0.2, 0) is 6.42 Å². The Kier molecular flexibility index (Phi) is 4.66. The number of likely N-dealkylation sites (tertiary alicyclic amines) is 1. The van der Waals surface area contributed by atoms with Gasteiger partial charge in [0, 0.05) is 35.9 Å². The maximum Gasteiger partial charge on any atom is 0.150 e. The first-order valence-corrected chi connectivity index (χ1v) is 8.83. The Morgan fingerprint density at radius 2 is 2.23 bits per heavy atom. The smallest absolute Gasteiger partial charge is 0.150 e. The summed E-state index contributed by atoms with van der Waals surface area (Å²) in [6, 6.07) is 5.09. The van der Waals surface area contributed by atoms with Crippen molar-refractivity contribution in [1.29, 1.82) is 0 Å². The van der Waals surface area contributed by atoms with Gasteiger partial charge < -0.3 is 9.67 Å². The maximum atomic E-state index is 9.46. The lowest BCUT2D eigenvalue weighted by Gasteiger charge is -2.15. The van der Waals surface area contributed by atoms with E-state index in [4.69, 9.17) is 0 Å². The molecular formula is C17H25N3OS. The molecule has 1 aliphatic rings. The molecule has 2 atom stereocenters. The molecule has 1 saturated heterocycles. The molecule has 1 N–H and O–H groups in total. The highest BCUT2D eigenvalue weighted by atomic mass is 32.1. The molecule has 5 heteroatoms. The molecule has 0 amide bonds. The first kappa shape index (κ1) is 15.7. The van der Waals surface area contributed by atoms with Gasteiger partial charge in [-0.25, -0.2) is 4.98 Å². The first-order chi connectivity index (χ1) is 10.6. The van der Waals surface area contributed by atoms with Crippen molar-refractivity contribution in [2.75, 3.05) is 20.2 Å². The summed E-state index contributed by atoms with van der Waals surface area (Å²) >= 11 is 1.85. The topological polar surface area (TPSA) is 41.3 Å². The minimum Gasteiger partial charge on any atom is -0.395 e. The number of aliphatic hydroxyl groups excluding tert-OH is 1. The van der Waals surface area contributed by atoms with E-state index >= 15 is 0 Å². The summed E-state index contributed by atoms with van der Waals surface area (Å²) in [5.41, 5.74) is 0. The first-order valence-electron chi connectivity index (χ1n) is 8.01. The van der Waals surface area contributed by atoms with Gasteiger partial charge in [0.1, 0.15) is 5.82 Å². The summed E-state index contributed by atoms with van der Waals surface area (Å²) < 4.78 is 2.29. The number of likely N-dealkylation sites (N-methyl/N-ethyl adjacent to an activating group) is 1. The predicted octanol–water partition coefficient (Wildman–Crippen LogP) is 3.05. The average Bonchev–Trinajstić information content (AvgIpc) is 3.15. The molecule has 22 heavy (non-hydrogen) atoms. The molecular weight excluding hydrogens is 294 g/mol. The highest BCUT2D eigenvalue weighted by Gasteiger charge is 2.31. The number of nitrogens with zero attached hydrogens (tertiary/aromatic N) is 3. The van der Waals surface area contributed by atoms with Crippen LogP contribution in [0.25, 0.3) is 10.7 Å². The predicted molar refractivity (Wildman–Crippen MR) is 91.2 cm³/mol. The number of rotatable bonds is 5. The maximum absolute atomic E-state index is 9.46. The van der Waals surface area contributed by atoms with Crippen molar-refractivity contribution >= 4 is 11.3 Å². The SMILES string of the molecule is CC(C)Cc1ccc(-c2nccn2[C@@H]2C[C@@H](CO)N(C)C2)s1. The van der Waals surface area contributed by atoms with E-state index < -0.39 is 0 Å². The van der Waals surface area contributed by atoms with Gasteiger partial charge in [-0.2, -0.15) is 0 Å². The molecule has 0 bridgehead atoms. The second kappa shape index (κ2) is 6.52. The van der Waals surface area contributed by atoms with Crippen molar-refractivity contribution in [3.05, 3.63) is 29.4 Å². The Balaban J connectivity index is 1.82. The van der Waals surface area contributed by atoms with Crippen molar-refractivity contribution < 1.29 is 5.11 Å². The van der Waals surface area contributed by atoms with E-state index in [0.717, 1.165) is 25.2 Å². The largest absolute Gasteiger partial charge is 0.395 e. The summed E-state index contributed by atoms with van der Waals surface area (Å²) in [5, 5.41) is 9.46. The Morgan fingerprint density at radius 1 is 1.41 bits per heavy atom. The molecule has 1 fully saturated rings. The van der Waals surface area contributed by atoms with Crippen LogP contribution in [0.2, 0.25) is 0 Å². The van der Waals surface area contributed by atoms with Crippen molar-refractivity contribution in [3.63, 3.8) is 0 Å². The van der Waals surface area contributed by atoms with Gasteiger partial charge in [-0.15, -0.1) is 11.3 Å². The van der Waals surface area contributed by atoms with Gasteiger partial charge >= 0.3 is 0 Å².